The van der Waals surface area contributed by atoms with E-state index >= 15 is 0 Å². The van der Waals surface area contributed by atoms with Crippen LogP contribution >= 0.6 is 0 Å². The van der Waals surface area contributed by atoms with Gasteiger partial charge in [0, 0.05) is 12.1 Å². The van der Waals surface area contributed by atoms with Crippen molar-refractivity contribution in [3.8, 4) is 44.8 Å². The Morgan fingerprint density at radius 3 is 1.80 bits per heavy atom. The molecule has 0 atom stereocenters. The second-order valence-electron chi connectivity index (χ2n) is 14.9. The minimum atomic E-state index is -0.446. The second kappa shape index (κ2) is 10.9. The van der Waals surface area contributed by atoms with Gasteiger partial charge in [0.1, 0.15) is 5.82 Å². The summed E-state index contributed by atoms with van der Waals surface area (Å²) in [5, 5.41) is 7.78. The fourth-order valence-electron chi connectivity index (χ4n) is 10.2. The van der Waals surface area contributed by atoms with E-state index in [4.69, 9.17) is 4.98 Å². The summed E-state index contributed by atoms with van der Waals surface area (Å²) in [6.07, 6.45) is 0. The van der Waals surface area contributed by atoms with Crippen LogP contribution < -0.4 is 0 Å². The number of nitrogens with zero attached hydrogens (tertiary/aromatic N) is 2. The molecular weight excluding hydrogens is 653 g/mol. The van der Waals surface area contributed by atoms with E-state index in [0.717, 1.165) is 23.4 Å². The maximum Gasteiger partial charge on any atom is 0.141 e. The number of hydrogen-bond acceptors (Lipinski definition) is 1. The highest BCUT2D eigenvalue weighted by atomic mass is 15.1. The fourth-order valence-corrected chi connectivity index (χ4v) is 10.2. The molecule has 0 unspecified atom stereocenters. The minimum Gasteiger partial charge on any atom is -0.324 e. The van der Waals surface area contributed by atoms with Gasteiger partial charge in [0.2, 0.25) is 0 Å². The lowest BCUT2D eigenvalue weighted by molar-refractivity contribution is 0.796. The van der Waals surface area contributed by atoms with Crippen LogP contribution in [0.4, 0.5) is 0 Å². The lowest BCUT2D eigenvalue weighted by Gasteiger charge is -2.32. The van der Waals surface area contributed by atoms with Crippen molar-refractivity contribution >= 4 is 43.4 Å². The maximum atomic E-state index is 5.02. The number of aromatic nitrogens is 2. The van der Waals surface area contributed by atoms with Crippen molar-refractivity contribution in [1.29, 1.82) is 0 Å². The van der Waals surface area contributed by atoms with Gasteiger partial charge in [0.15, 0.2) is 0 Å². The summed E-state index contributed by atoms with van der Waals surface area (Å²) in [5.74, 6) is 1.02. The molecule has 10 aromatic rings. The number of imidazole rings is 1. The van der Waals surface area contributed by atoms with Gasteiger partial charge in [-0.1, -0.05) is 146 Å². The second-order valence-corrected chi connectivity index (χ2v) is 14.9. The molecule has 0 N–H and O–H groups in total. The van der Waals surface area contributed by atoms with Crippen molar-refractivity contribution in [2.45, 2.75) is 18.9 Å². The Balaban J connectivity index is 1.11. The van der Waals surface area contributed by atoms with Crippen LogP contribution in [0.3, 0.4) is 0 Å². The number of fused-ring (bicyclic) bond motifs is 17. The van der Waals surface area contributed by atoms with Gasteiger partial charge >= 0.3 is 0 Å². The van der Waals surface area contributed by atoms with Crippen LogP contribution in [0.5, 0.6) is 0 Å². The highest BCUT2D eigenvalue weighted by Gasteiger charge is 2.53. The van der Waals surface area contributed by atoms with Gasteiger partial charge in [-0.2, -0.15) is 0 Å². The predicted molar refractivity (Wildman–Crippen MR) is 225 cm³/mol. The van der Waals surface area contributed by atoms with Crippen LogP contribution in [0.15, 0.2) is 176 Å². The Kier molecular flexibility index (Phi) is 6.00. The smallest absolute Gasteiger partial charge is 0.141 e. The lowest BCUT2D eigenvalue weighted by atomic mass is 9.69. The van der Waals surface area contributed by atoms with E-state index in [1.807, 2.05) is 0 Å². The molecule has 1 heterocycles. The summed E-state index contributed by atoms with van der Waals surface area (Å²) in [7, 11) is 0. The van der Waals surface area contributed by atoms with Crippen LogP contribution in [-0.4, -0.2) is 9.55 Å². The molecule has 252 valence electrons. The average molecular weight is 687 g/mol. The normalized spacial score (nSPS) is 13.5. The van der Waals surface area contributed by atoms with Crippen molar-refractivity contribution < 1.29 is 0 Å². The Bertz CT molecular complexity index is 3150. The third kappa shape index (κ3) is 3.77. The van der Waals surface area contributed by atoms with Gasteiger partial charge in [-0.05, 0) is 125 Å². The van der Waals surface area contributed by atoms with Crippen LogP contribution in [0.2, 0.25) is 0 Å². The number of aryl methyl sites for hydroxylation is 1. The summed E-state index contributed by atoms with van der Waals surface area (Å²) < 4.78 is 2.31. The van der Waals surface area contributed by atoms with Crippen molar-refractivity contribution in [3.05, 3.63) is 198 Å². The minimum absolute atomic E-state index is 0.446. The predicted octanol–water partition coefficient (Wildman–Crippen LogP) is 13.2. The molecular formula is C52H34N2. The quantitative estimate of drug-likeness (QED) is 0.169. The molecule has 2 nitrogen and oxygen atoms in total. The molecule has 0 fully saturated rings. The number of rotatable bonds is 3. The maximum absolute atomic E-state index is 5.02. The van der Waals surface area contributed by atoms with Gasteiger partial charge in [-0.3, -0.25) is 0 Å². The molecule has 1 spiro atoms. The molecule has 9 aromatic carbocycles. The zero-order valence-electron chi connectivity index (χ0n) is 29.8. The molecule has 2 heteroatoms. The van der Waals surface area contributed by atoms with Crippen molar-refractivity contribution in [3.63, 3.8) is 0 Å². The van der Waals surface area contributed by atoms with Gasteiger partial charge in [-0.25, -0.2) is 4.98 Å². The Labute approximate surface area is 313 Å². The Morgan fingerprint density at radius 2 is 1.06 bits per heavy atom. The summed E-state index contributed by atoms with van der Waals surface area (Å²) in [6, 6.07) is 65.7. The zero-order valence-corrected chi connectivity index (χ0v) is 29.8. The Morgan fingerprint density at radius 1 is 0.463 bits per heavy atom. The van der Waals surface area contributed by atoms with Gasteiger partial charge < -0.3 is 4.57 Å². The van der Waals surface area contributed by atoms with E-state index < -0.39 is 5.41 Å². The SMILES string of the molecule is CCn1c(-c2ccc(-c3ccc4cc5c(cc4c3)C3(c4ccccc4-c4ccccc43)c3c-5c4ccccc4c4ccccc34)cc2)nc2ccccc21. The van der Waals surface area contributed by atoms with Crippen molar-refractivity contribution in [2.24, 2.45) is 0 Å². The van der Waals surface area contributed by atoms with Crippen LogP contribution in [-0.2, 0) is 12.0 Å². The highest BCUT2D eigenvalue weighted by molar-refractivity contribution is 6.20. The first-order valence-electron chi connectivity index (χ1n) is 19.0. The standard InChI is InChI=1S/C52H34N2/c1-2-54-48-22-12-11-21-47(48)53-51(54)33-25-23-32(24-26-33)34-27-28-35-30-43-46(31-36(35)29-34)52(44-19-9-7-15-39(44)40-16-8-10-20-45(40)52)50-42-18-6-4-14-38(42)37-13-3-5-17-41(37)49(43)50/h3-31H,2H2,1H3. The summed E-state index contributed by atoms with van der Waals surface area (Å²) >= 11 is 0. The highest BCUT2D eigenvalue weighted by Crippen LogP contribution is 2.65. The zero-order chi connectivity index (χ0) is 35.5. The molecule has 0 amide bonds. The van der Waals surface area contributed by atoms with Crippen molar-refractivity contribution in [1.82, 2.24) is 9.55 Å². The Hall–Kier alpha value is -6.77. The third-order valence-electron chi connectivity index (χ3n) is 12.4. The molecule has 1 aromatic heterocycles. The van der Waals surface area contributed by atoms with E-state index in [9.17, 15) is 0 Å². The van der Waals surface area contributed by atoms with E-state index in [1.54, 1.807) is 0 Å². The molecule has 0 bridgehead atoms. The first-order chi connectivity index (χ1) is 26.7. The van der Waals surface area contributed by atoms with E-state index in [0.29, 0.717) is 0 Å². The third-order valence-corrected chi connectivity index (χ3v) is 12.4. The number of benzene rings is 9. The molecule has 0 aliphatic heterocycles. The number of hydrogen-bond donors (Lipinski definition) is 0. The van der Waals surface area contributed by atoms with Crippen LogP contribution in [0.1, 0.15) is 29.2 Å². The van der Waals surface area contributed by atoms with Crippen molar-refractivity contribution in [2.75, 3.05) is 0 Å². The van der Waals surface area contributed by atoms with Crippen LogP contribution in [0.25, 0.3) is 88.1 Å². The summed E-state index contributed by atoms with van der Waals surface area (Å²) in [5.41, 5.74) is 16.2. The largest absolute Gasteiger partial charge is 0.324 e. The molecule has 2 aliphatic rings. The molecule has 0 saturated carbocycles. The van der Waals surface area contributed by atoms with Gasteiger partial charge in [0.05, 0.1) is 16.4 Å². The van der Waals surface area contributed by atoms with Gasteiger partial charge in [0.25, 0.3) is 0 Å². The number of para-hydroxylation sites is 2. The summed E-state index contributed by atoms with van der Waals surface area (Å²) in [4.78, 5) is 5.02. The van der Waals surface area contributed by atoms with E-state index in [1.165, 1.54) is 93.5 Å². The fraction of sp³-hybridized carbons (Fsp3) is 0.0577. The molecule has 2 aliphatic carbocycles. The van der Waals surface area contributed by atoms with Crippen LogP contribution in [0, 0.1) is 0 Å². The monoisotopic (exact) mass is 686 g/mol. The van der Waals surface area contributed by atoms with E-state index in [2.05, 4.69) is 187 Å². The lowest BCUT2D eigenvalue weighted by Crippen LogP contribution is -2.26. The van der Waals surface area contributed by atoms with E-state index in [-0.39, 0.29) is 0 Å². The topological polar surface area (TPSA) is 17.8 Å². The van der Waals surface area contributed by atoms with Gasteiger partial charge in [-0.15, -0.1) is 0 Å². The molecule has 0 radical (unpaired) electrons. The summed E-state index contributed by atoms with van der Waals surface area (Å²) in [6.45, 7) is 3.06. The molecule has 12 rings (SSSR count). The molecule has 0 saturated heterocycles. The molecule has 54 heavy (non-hydrogen) atoms. The first-order valence-corrected chi connectivity index (χ1v) is 19.0. The average Bonchev–Trinajstić information content (AvgIpc) is 3.87. The first kappa shape index (κ1) is 29.8.